The van der Waals surface area contributed by atoms with E-state index in [1.165, 1.54) is 0 Å². The molecule has 0 heterocycles. The van der Waals surface area contributed by atoms with Crippen molar-refractivity contribution >= 4 is 0 Å². The second kappa shape index (κ2) is 7.17. The van der Waals surface area contributed by atoms with Crippen LogP contribution in [0.15, 0.2) is 0 Å². The van der Waals surface area contributed by atoms with Gasteiger partial charge in [0.05, 0.1) is 6.10 Å². The number of aliphatic hydroxyl groups excluding tert-OH is 1. The van der Waals surface area contributed by atoms with Crippen molar-refractivity contribution in [1.29, 1.82) is 0 Å². The molecule has 0 fully saturated rings. The first-order chi connectivity index (χ1) is 6.64. The molecule has 1 atom stereocenters. The van der Waals surface area contributed by atoms with E-state index >= 15 is 0 Å². The standard InChI is InChI=1S/C10H22O4/c1-5-14-9(2)8-10(12-3,13-4)6-7-11/h9,11H,5-8H2,1-4H3. The summed E-state index contributed by atoms with van der Waals surface area (Å²) in [6.07, 6.45) is 1.14. The molecule has 0 amide bonds. The lowest BCUT2D eigenvalue weighted by Crippen LogP contribution is -2.38. The van der Waals surface area contributed by atoms with Crippen LogP contribution in [0.4, 0.5) is 0 Å². The van der Waals surface area contributed by atoms with Gasteiger partial charge in [0, 0.05) is 40.3 Å². The number of aliphatic hydroxyl groups is 1. The van der Waals surface area contributed by atoms with Crippen molar-refractivity contribution in [3.63, 3.8) is 0 Å². The zero-order valence-corrected chi connectivity index (χ0v) is 9.58. The van der Waals surface area contributed by atoms with Gasteiger partial charge >= 0.3 is 0 Å². The zero-order valence-electron chi connectivity index (χ0n) is 9.58. The van der Waals surface area contributed by atoms with Gasteiger partial charge in [0.2, 0.25) is 0 Å². The average molecular weight is 206 g/mol. The first-order valence-corrected chi connectivity index (χ1v) is 4.97. The van der Waals surface area contributed by atoms with Gasteiger partial charge in [-0.15, -0.1) is 0 Å². The lowest BCUT2D eigenvalue weighted by Gasteiger charge is -2.32. The van der Waals surface area contributed by atoms with Gasteiger partial charge in [-0.05, 0) is 13.8 Å². The van der Waals surface area contributed by atoms with Crippen molar-refractivity contribution in [1.82, 2.24) is 0 Å². The van der Waals surface area contributed by atoms with Crippen molar-refractivity contribution in [2.24, 2.45) is 0 Å². The smallest absolute Gasteiger partial charge is 0.172 e. The molecular formula is C10H22O4. The average Bonchev–Trinajstić information content (AvgIpc) is 2.17. The second-order valence-corrected chi connectivity index (χ2v) is 3.26. The predicted octanol–water partition coefficient (Wildman–Crippen LogP) is 1.17. The molecule has 0 aromatic carbocycles. The summed E-state index contributed by atoms with van der Waals surface area (Å²) < 4.78 is 16.0. The van der Waals surface area contributed by atoms with E-state index in [1.54, 1.807) is 14.2 Å². The second-order valence-electron chi connectivity index (χ2n) is 3.26. The molecule has 4 nitrogen and oxygen atoms in total. The summed E-state index contributed by atoms with van der Waals surface area (Å²) in [5.74, 6) is -0.719. The summed E-state index contributed by atoms with van der Waals surface area (Å²) in [6, 6.07) is 0. The van der Waals surface area contributed by atoms with Crippen LogP contribution in [0.25, 0.3) is 0 Å². The highest BCUT2D eigenvalue weighted by Crippen LogP contribution is 2.23. The van der Waals surface area contributed by atoms with Gasteiger partial charge in [0.15, 0.2) is 5.79 Å². The molecule has 0 rings (SSSR count). The van der Waals surface area contributed by atoms with Gasteiger partial charge in [-0.25, -0.2) is 0 Å². The number of methoxy groups -OCH3 is 2. The molecule has 0 aliphatic carbocycles. The SMILES string of the molecule is CCOC(C)CC(CCO)(OC)OC. The molecule has 0 radical (unpaired) electrons. The van der Waals surface area contributed by atoms with E-state index < -0.39 is 5.79 Å². The molecule has 86 valence electrons. The summed E-state index contributed by atoms with van der Waals surface area (Å²) in [6.45, 7) is 4.63. The van der Waals surface area contributed by atoms with E-state index in [-0.39, 0.29) is 12.7 Å². The third kappa shape index (κ3) is 4.37. The maximum absolute atomic E-state index is 8.91. The van der Waals surface area contributed by atoms with Crippen LogP contribution in [0.1, 0.15) is 26.7 Å². The van der Waals surface area contributed by atoms with Crippen LogP contribution in [-0.4, -0.2) is 44.4 Å². The Bertz CT molecular complexity index is 134. The van der Waals surface area contributed by atoms with Gasteiger partial charge in [0.25, 0.3) is 0 Å². The van der Waals surface area contributed by atoms with E-state index in [0.717, 1.165) is 0 Å². The van der Waals surface area contributed by atoms with Crippen molar-refractivity contribution in [3.8, 4) is 0 Å². The van der Waals surface area contributed by atoms with Crippen LogP contribution in [-0.2, 0) is 14.2 Å². The van der Waals surface area contributed by atoms with Crippen molar-refractivity contribution < 1.29 is 19.3 Å². The van der Waals surface area contributed by atoms with Crippen molar-refractivity contribution in [2.75, 3.05) is 27.4 Å². The van der Waals surface area contributed by atoms with Crippen LogP contribution in [0.3, 0.4) is 0 Å². The van der Waals surface area contributed by atoms with Crippen LogP contribution in [0.5, 0.6) is 0 Å². The molecule has 0 aliphatic heterocycles. The molecule has 0 spiro atoms. The van der Waals surface area contributed by atoms with Gasteiger partial charge in [-0.1, -0.05) is 0 Å². The molecule has 1 N–H and O–H groups in total. The van der Waals surface area contributed by atoms with Gasteiger partial charge in [0.1, 0.15) is 0 Å². The quantitative estimate of drug-likeness (QED) is 0.606. The molecular weight excluding hydrogens is 184 g/mol. The van der Waals surface area contributed by atoms with Crippen LogP contribution < -0.4 is 0 Å². The Morgan fingerprint density at radius 1 is 1.29 bits per heavy atom. The number of rotatable bonds is 8. The summed E-state index contributed by atoms with van der Waals surface area (Å²) in [4.78, 5) is 0. The molecule has 0 saturated heterocycles. The normalized spacial score (nSPS) is 14.4. The fourth-order valence-electron chi connectivity index (χ4n) is 1.51. The molecule has 1 unspecified atom stereocenters. The largest absolute Gasteiger partial charge is 0.396 e. The Morgan fingerprint density at radius 2 is 1.86 bits per heavy atom. The Morgan fingerprint density at radius 3 is 2.21 bits per heavy atom. The predicted molar refractivity (Wildman–Crippen MR) is 54.2 cm³/mol. The molecule has 0 aromatic heterocycles. The Labute approximate surface area is 86.2 Å². The van der Waals surface area contributed by atoms with Gasteiger partial charge < -0.3 is 19.3 Å². The topological polar surface area (TPSA) is 47.9 Å². The first kappa shape index (κ1) is 13.8. The zero-order chi connectivity index (χ0) is 11.0. The van der Waals surface area contributed by atoms with E-state index in [0.29, 0.717) is 19.4 Å². The Hall–Kier alpha value is -0.160. The fraction of sp³-hybridized carbons (Fsp3) is 1.00. The molecule has 0 aromatic rings. The molecule has 4 heteroatoms. The molecule has 14 heavy (non-hydrogen) atoms. The van der Waals surface area contributed by atoms with Crippen molar-refractivity contribution in [2.45, 2.75) is 38.6 Å². The minimum absolute atomic E-state index is 0.0422. The summed E-state index contributed by atoms with van der Waals surface area (Å²) in [7, 11) is 3.16. The van der Waals surface area contributed by atoms with Crippen LogP contribution >= 0.6 is 0 Å². The molecule has 0 bridgehead atoms. The van der Waals surface area contributed by atoms with Gasteiger partial charge in [-0.3, -0.25) is 0 Å². The monoisotopic (exact) mass is 206 g/mol. The summed E-state index contributed by atoms with van der Waals surface area (Å²) in [5.41, 5.74) is 0. The highest BCUT2D eigenvalue weighted by Gasteiger charge is 2.31. The minimum Gasteiger partial charge on any atom is -0.396 e. The highest BCUT2D eigenvalue weighted by molar-refractivity contribution is 4.72. The Balaban J connectivity index is 4.18. The minimum atomic E-state index is -0.719. The number of hydrogen-bond donors (Lipinski definition) is 1. The lowest BCUT2D eigenvalue weighted by molar-refractivity contribution is -0.231. The van der Waals surface area contributed by atoms with Crippen molar-refractivity contribution in [3.05, 3.63) is 0 Å². The van der Waals surface area contributed by atoms with Crippen LogP contribution in [0.2, 0.25) is 0 Å². The molecule has 0 aliphatic rings. The highest BCUT2D eigenvalue weighted by atomic mass is 16.7. The third-order valence-corrected chi connectivity index (χ3v) is 2.29. The van der Waals surface area contributed by atoms with E-state index in [4.69, 9.17) is 19.3 Å². The van der Waals surface area contributed by atoms with E-state index in [9.17, 15) is 0 Å². The fourth-order valence-corrected chi connectivity index (χ4v) is 1.51. The summed E-state index contributed by atoms with van der Waals surface area (Å²) >= 11 is 0. The van der Waals surface area contributed by atoms with E-state index in [1.807, 2.05) is 13.8 Å². The Kier molecular flexibility index (Phi) is 7.09. The maximum atomic E-state index is 8.91. The molecule has 0 saturated carbocycles. The van der Waals surface area contributed by atoms with Gasteiger partial charge in [-0.2, -0.15) is 0 Å². The van der Waals surface area contributed by atoms with Crippen LogP contribution in [0, 0.1) is 0 Å². The third-order valence-electron chi connectivity index (χ3n) is 2.29. The number of hydrogen-bond acceptors (Lipinski definition) is 4. The first-order valence-electron chi connectivity index (χ1n) is 4.97. The van der Waals surface area contributed by atoms with E-state index in [2.05, 4.69) is 0 Å². The summed E-state index contributed by atoms with van der Waals surface area (Å²) in [5, 5.41) is 8.91. The maximum Gasteiger partial charge on any atom is 0.172 e. The number of ether oxygens (including phenoxy) is 3. The lowest BCUT2D eigenvalue weighted by atomic mass is 10.1.